The Labute approximate surface area is 154 Å². The van der Waals surface area contributed by atoms with Crippen molar-refractivity contribution in [1.82, 2.24) is 0 Å². The molecule has 2 aromatic carbocycles. The van der Waals surface area contributed by atoms with Gasteiger partial charge in [-0.25, -0.2) is 0 Å². The van der Waals surface area contributed by atoms with E-state index >= 15 is 0 Å². The van der Waals surface area contributed by atoms with E-state index in [2.05, 4.69) is 48.3 Å². The monoisotopic (exact) mass is 351 g/mol. The molecule has 1 aliphatic heterocycles. The van der Waals surface area contributed by atoms with Crippen LogP contribution in [0.25, 0.3) is 0 Å². The van der Waals surface area contributed by atoms with Crippen LogP contribution in [0.2, 0.25) is 5.02 Å². The Kier molecular flexibility index (Phi) is 4.30. The third-order valence-corrected chi connectivity index (χ3v) is 5.42. The molecule has 0 radical (unpaired) electrons. The smallest absolute Gasteiger partial charge is 0.143 e. The minimum atomic E-state index is 0.177. The Hall–Kier alpha value is -2.19. The number of nitrogens with one attached hydrogen (secondary N) is 1. The van der Waals surface area contributed by atoms with E-state index < -0.39 is 0 Å². The van der Waals surface area contributed by atoms with Crippen molar-refractivity contribution in [2.45, 2.75) is 25.3 Å². The first-order chi connectivity index (χ1) is 12.1. The van der Waals surface area contributed by atoms with Crippen LogP contribution in [0.5, 0.6) is 5.75 Å². The summed E-state index contributed by atoms with van der Waals surface area (Å²) in [6.45, 7) is 6.44. The second kappa shape index (κ2) is 6.61. The molecule has 25 heavy (non-hydrogen) atoms. The number of rotatable bonds is 4. The zero-order chi connectivity index (χ0) is 17.4. The molecule has 0 aromatic heterocycles. The molecule has 3 atom stereocenters. The van der Waals surface area contributed by atoms with E-state index in [-0.39, 0.29) is 6.04 Å². The van der Waals surface area contributed by atoms with E-state index in [4.69, 9.17) is 16.3 Å². The van der Waals surface area contributed by atoms with E-state index in [9.17, 15) is 0 Å². The van der Waals surface area contributed by atoms with Gasteiger partial charge in [0.2, 0.25) is 0 Å². The largest absolute Gasteiger partial charge is 0.487 e. The molecule has 0 amide bonds. The van der Waals surface area contributed by atoms with Crippen LogP contribution in [0.1, 0.15) is 36.4 Å². The van der Waals surface area contributed by atoms with Crippen molar-refractivity contribution < 1.29 is 4.74 Å². The summed E-state index contributed by atoms with van der Waals surface area (Å²) in [6, 6.07) is 14.6. The first-order valence-corrected chi connectivity index (χ1v) is 9.10. The molecule has 2 aliphatic rings. The fourth-order valence-electron chi connectivity index (χ4n) is 3.95. The highest BCUT2D eigenvalue weighted by Crippen LogP contribution is 2.52. The van der Waals surface area contributed by atoms with Crippen molar-refractivity contribution in [1.29, 1.82) is 0 Å². The first-order valence-electron chi connectivity index (χ1n) is 8.73. The summed E-state index contributed by atoms with van der Waals surface area (Å²) in [5.41, 5.74) is 4.56. The SMILES string of the molecule is C=C(C)COc1cccc2c1NC(c1ccccc1Cl)C1CC=CC21. The Morgan fingerprint density at radius 3 is 2.80 bits per heavy atom. The summed E-state index contributed by atoms with van der Waals surface area (Å²) in [6.07, 6.45) is 5.68. The molecule has 2 nitrogen and oxygen atoms in total. The van der Waals surface area contributed by atoms with Gasteiger partial charge in [0.05, 0.1) is 11.7 Å². The van der Waals surface area contributed by atoms with Crippen LogP contribution in [0.3, 0.4) is 0 Å². The Morgan fingerprint density at radius 1 is 1.20 bits per heavy atom. The summed E-state index contributed by atoms with van der Waals surface area (Å²) in [4.78, 5) is 0. The molecule has 1 heterocycles. The third kappa shape index (κ3) is 2.96. The van der Waals surface area contributed by atoms with E-state index in [0.29, 0.717) is 18.4 Å². The summed E-state index contributed by atoms with van der Waals surface area (Å²) in [7, 11) is 0. The third-order valence-electron chi connectivity index (χ3n) is 5.07. The molecule has 4 rings (SSSR count). The highest BCUT2D eigenvalue weighted by atomic mass is 35.5. The standard InChI is InChI=1S/C22H22ClNO/c1-14(2)13-25-20-12-6-10-17-15-8-5-9-16(15)21(24-22(17)20)18-7-3-4-11-19(18)23/h3-8,10-12,15-16,21,24H,1,9,13H2,2H3. The molecular weight excluding hydrogens is 330 g/mol. The van der Waals surface area contributed by atoms with Crippen molar-refractivity contribution in [2.75, 3.05) is 11.9 Å². The molecule has 0 bridgehead atoms. The van der Waals surface area contributed by atoms with Gasteiger partial charge in [0, 0.05) is 10.9 Å². The molecule has 0 fully saturated rings. The topological polar surface area (TPSA) is 21.3 Å². The molecule has 3 unspecified atom stereocenters. The molecule has 0 spiro atoms. The lowest BCUT2D eigenvalue weighted by molar-refractivity contribution is 0.348. The van der Waals surface area contributed by atoms with Crippen LogP contribution in [-0.2, 0) is 0 Å². The van der Waals surface area contributed by atoms with E-state index in [1.807, 2.05) is 25.1 Å². The number of anilines is 1. The van der Waals surface area contributed by atoms with Crippen molar-refractivity contribution in [3.8, 4) is 5.75 Å². The maximum Gasteiger partial charge on any atom is 0.143 e. The van der Waals surface area contributed by atoms with Gasteiger partial charge in [-0.1, -0.05) is 60.7 Å². The zero-order valence-electron chi connectivity index (χ0n) is 14.3. The zero-order valence-corrected chi connectivity index (χ0v) is 15.1. The molecule has 1 aliphatic carbocycles. The Balaban J connectivity index is 1.76. The minimum absolute atomic E-state index is 0.177. The second-order valence-electron chi connectivity index (χ2n) is 6.96. The Morgan fingerprint density at radius 2 is 2.00 bits per heavy atom. The number of hydrogen-bond acceptors (Lipinski definition) is 2. The maximum absolute atomic E-state index is 6.51. The molecule has 2 aromatic rings. The van der Waals surface area contributed by atoms with Gasteiger partial charge in [-0.2, -0.15) is 0 Å². The van der Waals surface area contributed by atoms with Gasteiger partial charge in [-0.3, -0.25) is 0 Å². The summed E-state index contributed by atoms with van der Waals surface area (Å²) in [5, 5.41) is 4.55. The van der Waals surface area contributed by atoms with Crippen molar-refractivity contribution in [3.05, 3.63) is 82.9 Å². The van der Waals surface area contributed by atoms with Crippen molar-refractivity contribution in [3.63, 3.8) is 0 Å². The van der Waals surface area contributed by atoms with Gasteiger partial charge in [0.15, 0.2) is 0 Å². The maximum atomic E-state index is 6.51. The number of benzene rings is 2. The Bertz CT molecular complexity index is 842. The molecular formula is C22H22ClNO. The molecule has 3 heteroatoms. The molecule has 1 N–H and O–H groups in total. The number of allylic oxidation sites excluding steroid dienone is 2. The van der Waals surface area contributed by atoms with Gasteiger partial charge < -0.3 is 10.1 Å². The predicted octanol–water partition coefficient (Wildman–Crippen LogP) is 6.12. The normalized spacial score (nSPS) is 23.5. The number of ether oxygens (including phenoxy) is 1. The van der Waals surface area contributed by atoms with Gasteiger partial charge in [-0.15, -0.1) is 0 Å². The van der Waals surface area contributed by atoms with Gasteiger partial charge in [0.25, 0.3) is 0 Å². The number of fused-ring (bicyclic) bond motifs is 3. The number of halogens is 1. The second-order valence-corrected chi connectivity index (χ2v) is 7.37. The molecule has 128 valence electrons. The molecule has 0 saturated heterocycles. The van der Waals surface area contributed by atoms with Gasteiger partial charge >= 0.3 is 0 Å². The predicted molar refractivity (Wildman–Crippen MR) is 105 cm³/mol. The highest BCUT2D eigenvalue weighted by molar-refractivity contribution is 6.31. The van der Waals surface area contributed by atoms with Crippen LogP contribution >= 0.6 is 11.6 Å². The molecule has 0 saturated carbocycles. The average Bonchev–Trinajstić information content (AvgIpc) is 3.10. The van der Waals surface area contributed by atoms with Crippen molar-refractivity contribution >= 4 is 17.3 Å². The lowest BCUT2D eigenvalue weighted by atomic mass is 9.77. The van der Waals surface area contributed by atoms with Gasteiger partial charge in [-0.05, 0) is 48.1 Å². The van der Waals surface area contributed by atoms with Crippen LogP contribution in [0.15, 0.2) is 66.8 Å². The fourth-order valence-corrected chi connectivity index (χ4v) is 4.20. The fraction of sp³-hybridized carbons (Fsp3) is 0.273. The number of para-hydroxylation sites is 1. The minimum Gasteiger partial charge on any atom is -0.487 e. The quantitative estimate of drug-likeness (QED) is 0.670. The summed E-state index contributed by atoms with van der Waals surface area (Å²) < 4.78 is 6.01. The lowest BCUT2D eigenvalue weighted by Gasteiger charge is -2.38. The van der Waals surface area contributed by atoms with Crippen molar-refractivity contribution in [2.24, 2.45) is 5.92 Å². The van der Waals surface area contributed by atoms with E-state index in [1.54, 1.807) is 0 Å². The summed E-state index contributed by atoms with van der Waals surface area (Å²) in [5.74, 6) is 1.76. The van der Waals surface area contributed by atoms with E-state index in [1.165, 1.54) is 5.56 Å². The first kappa shape index (κ1) is 16.3. The van der Waals surface area contributed by atoms with Crippen LogP contribution in [0.4, 0.5) is 5.69 Å². The highest BCUT2D eigenvalue weighted by Gasteiger charge is 2.39. The van der Waals surface area contributed by atoms with Gasteiger partial charge in [0.1, 0.15) is 12.4 Å². The number of hydrogen-bond donors (Lipinski definition) is 1. The lowest BCUT2D eigenvalue weighted by Crippen LogP contribution is -2.29. The van der Waals surface area contributed by atoms with Crippen LogP contribution in [-0.4, -0.2) is 6.61 Å². The van der Waals surface area contributed by atoms with E-state index in [0.717, 1.165) is 34.0 Å². The summed E-state index contributed by atoms with van der Waals surface area (Å²) >= 11 is 6.51. The van der Waals surface area contributed by atoms with Crippen LogP contribution < -0.4 is 10.1 Å². The van der Waals surface area contributed by atoms with Crippen LogP contribution in [0, 0.1) is 5.92 Å². The average molecular weight is 352 g/mol.